The van der Waals surface area contributed by atoms with Gasteiger partial charge in [-0.15, -0.1) is 0 Å². The minimum atomic E-state index is -0.321. The highest BCUT2D eigenvalue weighted by molar-refractivity contribution is 9.10. The van der Waals surface area contributed by atoms with E-state index in [1.165, 1.54) is 15.6 Å². The zero-order valence-electron chi connectivity index (χ0n) is 11.7. The van der Waals surface area contributed by atoms with E-state index in [9.17, 15) is 0 Å². The Morgan fingerprint density at radius 3 is 2.78 bits per heavy atom. The number of hydrogen-bond acceptors (Lipinski definition) is 1. The predicted octanol–water partition coefficient (Wildman–Crippen LogP) is 4.99. The van der Waals surface area contributed by atoms with Crippen LogP contribution in [0.2, 0.25) is 18.1 Å². The minimum absolute atomic E-state index is 0.304. The quantitative estimate of drug-likeness (QED) is 0.709. The van der Waals surface area contributed by atoms with Crippen molar-refractivity contribution in [3.05, 3.63) is 33.8 Å². The van der Waals surface area contributed by atoms with E-state index in [1.807, 2.05) is 0 Å². The second-order valence-corrected chi connectivity index (χ2v) is 10.2. The smallest absolute Gasteiger partial charge is 0.0831 e. The third-order valence-electron chi connectivity index (χ3n) is 4.16. The Balaban J connectivity index is 2.05. The van der Waals surface area contributed by atoms with Gasteiger partial charge in [-0.25, -0.2) is 0 Å². The lowest BCUT2D eigenvalue weighted by molar-refractivity contribution is 0.0391. The molecule has 0 saturated carbocycles. The Hall–Kier alpha value is -0.123. The highest BCUT2D eigenvalue weighted by Crippen LogP contribution is 2.40. The molecular formula is C15H22BrOSi. The van der Waals surface area contributed by atoms with Gasteiger partial charge in [0.1, 0.15) is 0 Å². The van der Waals surface area contributed by atoms with E-state index in [1.54, 1.807) is 0 Å². The second-order valence-electron chi connectivity index (χ2n) is 6.03. The van der Waals surface area contributed by atoms with Crippen molar-refractivity contribution in [2.24, 2.45) is 0 Å². The lowest BCUT2D eigenvalue weighted by Crippen LogP contribution is -2.26. The molecule has 1 aliphatic carbocycles. The van der Waals surface area contributed by atoms with E-state index < -0.39 is 0 Å². The third kappa shape index (κ3) is 2.89. The SMILES string of the molecule is C[Si](C)C(C)(C)COC1CCc2c(Br)cccc21. The van der Waals surface area contributed by atoms with Gasteiger partial charge in [-0.3, -0.25) is 0 Å². The van der Waals surface area contributed by atoms with Crippen LogP contribution in [0, 0.1) is 0 Å². The summed E-state index contributed by atoms with van der Waals surface area (Å²) >= 11 is 3.64. The summed E-state index contributed by atoms with van der Waals surface area (Å²) in [5, 5.41) is 0.347. The van der Waals surface area contributed by atoms with Crippen LogP contribution in [0.4, 0.5) is 0 Å². The van der Waals surface area contributed by atoms with Crippen molar-refractivity contribution in [3.8, 4) is 0 Å². The number of ether oxygens (including phenoxy) is 1. The Bertz CT molecular complexity index is 429. The van der Waals surface area contributed by atoms with Crippen molar-refractivity contribution in [2.45, 2.75) is 50.9 Å². The van der Waals surface area contributed by atoms with Crippen LogP contribution in [-0.4, -0.2) is 15.4 Å². The summed E-state index contributed by atoms with van der Waals surface area (Å²) < 4.78 is 7.45. The topological polar surface area (TPSA) is 9.23 Å². The van der Waals surface area contributed by atoms with Crippen molar-refractivity contribution in [1.29, 1.82) is 0 Å². The van der Waals surface area contributed by atoms with Crippen LogP contribution in [0.15, 0.2) is 22.7 Å². The fraction of sp³-hybridized carbons (Fsp3) is 0.600. The Morgan fingerprint density at radius 2 is 2.11 bits per heavy atom. The zero-order valence-corrected chi connectivity index (χ0v) is 14.3. The fourth-order valence-corrected chi connectivity index (χ4v) is 3.15. The molecule has 1 aromatic rings. The molecule has 1 unspecified atom stereocenters. The molecule has 0 fully saturated rings. The highest BCUT2D eigenvalue weighted by Gasteiger charge is 2.29. The van der Waals surface area contributed by atoms with Gasteiger partial charge in [-0.05, 0) is 35.1 Å². The molecule has 1 aliphatic rings. The van der Waals surface area contributed by atoms with Gasteiger partial charge in [-0.1, -0.05) is 55.0 Å². The van der Waals surface area contributed by atoms with Gasteiger partial charge in [0.05, 0.1) is 14.9 Å². The average molecular weight is 326 g/mol. The summed E-state index contributed by atoms with van der Waals surface area (Å²) in [6.07, 6.45) is 2.57. The van der Waals surface area contributed by atoms with E-state index in [4.69, 9.17) is 4.74 Å². The summed E-state index contributed by atoms with van der Waals surface area (Å²) in [5.41, 5.74) is 2.83. The van der Waals surface area contributed by atoms with Crippen LogP contribution in [0.1, 0.15) is 37.5 Å². The van der Waals surface area contributed by atoms with E-state index in [0.29, 0.717) is 11.1 Å². The number of benzene rings is 1. The van der Waals surface area contributed by atoms with Crippen LogP contribution in [0.5, 0.6) is 0 Å². The molecule has 1 atom stereocenters. The first kappa shape index (κ1) is 14.3. The molecule has 1 aromatic carbocycles. The number of fused-ring (bicyclic) bond motifs is 1. The maximum Gasteiger partial charge on any atom is 0.0831 e. The van der Waals surface area contributed by atoms with E-state index in [2.05, 4.69) is 61.1 Å². The summed E-state index contributed by atoms with van der Waals surface area (Å²) in [6, 6.07) is 6.46. The maximum absolute atomic E-state index is 6.22. The lowest BCUT2D eigenvalue weighted by atomic mass is 10.1. The van der Waals surface area contributed by atoms with Crippen molar-refractivity contribution in [2.75, 3.05) is 6.61 Å². The Morgan fingerprint density at radius 1 is 1.39 bits per heavy atom. The summed E-state index contributed by atoms with van der Waals surface area (Å²) in [6.45, 7) is 10.3. The van der Waals surface area contributed by atoms with Crippen LogP contribution in [0.25, 0.3) is 0 Å². The highest BCUT2D eigenvalue weighted by atomic mass is 79.9. The number of halogens is 1. The van der Waals surface area contributed by atoms with Crippen molar-refractivity contribution < 1.29 is 4.74 Å². The first-order valence-electron chi connectivity index (χ1n) is 6.61. The molecule has 0 aromatic heterocycles. The predicted molar refractivity (Wildman–Crippen MR) is 82.7 cm³/mol. The molecule has 0 amide bonds. The summed E-state index contributed by atoms with van der Waals surface area (Å²) in [5.74, 6) is 0. The largest absolute Gasteiger partial charge is 0.373 e. The standard InChI is InChI=1S/C15H22BrOSi/c1-15(2,18(3)4)10-17-14-9-8-11-12(14)6-5-7-13(11)16/h5-7,14H,8-10H2,1-4H3. The van der Waals surface area contributed by atoms with Gasteiger partial charge in [0.2, 0.25) is 0 Å². The zero-order chi connectivity index (χ0) is 13.3. The average Bonchev–Trinajstić information content (AvgIpc) is 2.71. The molecule has 0 saturated heterocycles. The third-order valence-corrected chi connectivity index (χ3v) is 7.75. The number of hydrogen-bond donors (Lipinski definition) is 0. The van der Waals surface area contributed by atoms with Gasteiger partial charge in [0, 0.05) is 11.1 Å². The molecule has 0 bridgehead atoms. The van der Waals surface area contributed by atoms with Gasteiger partial charge >= 0.3 is 0 Å². The summed E-state index contributed by atoms with van der Waals surface area (Å²) in [7, 11) is -0.321. The molecule has 3 heteroatoms. The molecule has 0 heterocycles. The van der Waals surface area contributed by atoms with Gasteiger partial charge in [0.15, 0.2) is 0 Å². The van der Waals surface area contributed by atoms with E-state index in [-0.39, 0.29) is 8.80 Å². The van der Waals surface area contributed by atoms with Crippen molar-refractivity contribution in [1.82, 2.24) is 0 Å². The normalized spacial score (nSPS) is 19.3. The van der Waals surface area contributed by atoms with Crippen LogP contribution < -0.4 is 0 Å². The Labute approximate surface area is 121 Å². The van der Waals surface area contributed by atoms with Crippen LogP contribution >= 0.6 is 15.9 Å². The Kier molecular flexibility index (Phi) is 4.35. The molecule has 1 nitrogen and oxygen atoms in total. The van der Waals surface area contributed by atoms with Gasteiger partial charge < -0.3 is 4.74 Å². The van der Waals surface area contributed by atoms with Crippen molar-refractivity contribution in [3.63, 3.8) is 0 Å². The maximum atomic E-state index is 6.22. The first-order valence-corrected chi connectivity index (χ1v) is 9.90. The molecule has 2 rings (SSSR count). The van der Waals surface area contributed by atoms with E-state index >= 15 is 0 Å². The molecule has 99 valence electrons. The van der Waals surface area contributed by atoms with Gasteiger partial charge in [-0.2, -0.15) is 0 Å². The summed E-state index contributed by atoms with van der Waals surface area (Å²) in [4.78, 5) is 0. The van der Waals surface area contributed by atoms with E-state index in [0.717, 1.165) is 19.4 Å². The van der Waals surface area contributed by atoms with Gasteiger partial charge in [0.25, 0.3) is 0 Å². The number of rotatable bonds is 4. The molecule has 1 radical (unpaired) electrons. The van der Waals surface area contributed by atoms with Crippen LogP contribution in [0.3, 0.4) is 0 Å². The second kappa shape index (κ2) is 5.47. The molecule has 0 N–H and O–H groups in total. The molecule has 0 spiro atoms. The first-order chi connectivity index (χ1) is 8.42. The van der Waals surface area contributed by atoms with Crippen molar-refractivity contribution >= 4 is 24.7 Å². The van der Waals surface area contributed by atoms with Crippen LogP contribution in [-0.2, 0) is 11.2 Å². The lowest BCUT2D eigenvalue weighted by Gasteiger charge is -2.29. The molecule has 0 aliphatic heterocycles. The fourth-order valence-electron chi connectivity index (χ4n) is 2.20. The molecule has 18 heavy (non-hydrogen) atoms. The molecular weight excluding hydrogens is 304 g/mol. The minimum Gasteiger partial charge on any atom is -0.373 e. The monoisotopic (exact) mass is 325 g/mol.